The minimum atomic E-state index is -0.242. The highest BCUT2D eigenvalue weighted by Gasteiger charge is 2.34. The van der Waals surface area contributed by atoms with Gasteiger partial charge in [0.25, 0.3) is 0 Å². The first kappa shape index (κ1) is 14.6. The van der Waals surface area contributed by atoms with Gasteiger partial charge in [0.1, 0.15) is 6.04 Å². The molecule has 0 saturated carbocycles. The van der Waals surface area contributed by atoms with Crippen LogP contribution in [-0.2, 0) is 9.53 Å². The van der Waals surface area contributed by atoms with Crippen LogP contribution in [-0.4, -0.2) is 36.8 Å². The van der Waals surface area contributed by atoms with E-state index in [2.05, 4.69) is 11.9 Å². The Labute approximate surface area is 119 Å². The number of carbonyl (C=O) groups is 1. The molecule has 2 rings (SSSR count). The van der Waals surface area contributed by atoms with Crippen LogP contribution in [0.4, 0.5) is 5.82 Å². The lowest BCUT2D eigenvalue weighted by molar-refractivity contribution is -0.144. The maximum atomic E-state index is 12.0. The van der Waals surface area contributed by atoms with Crippen molar-refractivity contribution in [1.82, 2.24) is 4.98 Å². The van der Waals surface area contributed by atoms with Crippen LogP contribution in [0, 0.1) is 0 Å². The summed E-state index contributed by atoms with van der Waals surface area (Å²) in [7, 11) is 0. The molecule has 1 atom stereocenters. The molecular weight excluding hydrogens is 256 g/mol. The summed E-state index contributed by atoms with van der Waals surface area (Å²) in [4.78, 5) is 18.4. The van der Waals surface area contributed by atoms with Gasteiger partial charge in [-0.05, 0) is 38.3 Å². The normalized spacial score (nSPS) is 18.1. The van der Waals surface area contributed by atoms with E-state index in [4.69, 9.17) is 9.47 Å². The summed E-state index contributed by atoms with van der Waals surface area (Å²) in [5.41, 5.74) is 0. The highest BCUT2D eigenvalue weighted by Crippen LogP contribution is 2.32. The van der Waals surface area contributed by atoms with Crippen LogP contribution in [0.1, 0.15) is 33.1 Å². The quantitative estimate of drug-likeness (QED) is 0.748. The molecule has 0 amide bonds. The minimum Gasteiger partial charge on any atom is -0.490 e. The van der Waals surface area contributed by atoms with Crippen molar-refractivity contribution < 1.29 is 14.3 Å². The van der Waals surface area contributed by atoms with E-state index in [-0.39, 0.29) is 12.0 Å². The van der Waals surface area contributed by atoms with Crippen molar-refractivity contribution in [3.8, 4) is 5.75 Å². The second kappa shape index (κ2) is 7.12. The molecule has 0 N–H and O–H groups in total. The average molecular weight is 278 g/mol. The van der Waals surface area contributed by atoms with E-state index in [1.807, 2.05) is 24.0 Å². The van der Waals surface area contributed by atoms with Crippen molar-refractivity contribution in [3.05, 3.63) is 18.3 Å². The lowest BCUT2D eigenvalue weighted by Crippen LogP contribution is -2.38. The summed E-state index contributed by atoms with van der Waals surface area (Å²) < 4.78 is 10.9. The topological polar surface area (TPSA) is 51.7 Å². The molecule has 0 spiro atoms. The van der Waals surface area contributed by atoms with Crippen molar-refractivity contribution >= 4 is 11.8 Å². The highest BCUT2D eigenvalue weighted by molar-refractivity contribution is 5.81. The second-order valence-corrected chi connectivity index (χ2v) is 4.78. The molecule has 5 heteroatoms. The Morgan fingerprint density at radius 3 is 3.10 bits per heavy atom. The molecule has 1 saturated heterocycles. The number of hydrogen-bond donors (Lipinski definition) is 0. The van der Waals surface area contributed by atoms with E-state index < -0.39 is 0 Å². The number of nitrogens with zero attached hydrogens (tertiary/aromatic N) is 2. The van der Waals surface area contributed by atoms with Gasteiger partial charge in [0.15, 0.2) is 11.6 Å². The monoisotopic (exact) mass is 278 g/mol. The molecule has 1 aromatic heterocycles. The molecule has 0 radical (unpaired) electrons. The largest absolute Gasteiger partial charge is 0.490 e. The third kappa shape index (κ3) is 3.21. The predicted octanol–water partition coefficient (Wildman–Crippen LogP) is 2.40. The minimum absolute atomic E-state index is 0.169. The Morgan fingerprint density at radius 2 is 2.35 bits per heavy atom. The first-order valence-electron chi connectivity index (χ1n) is 7.29. The Balaban J connectivity index is 2.19. The molecule has 1 aliphatic heterocycles. The van der Waals surface area contributed by atoms with E-state index in [9.17, 15) is 4.79 Å². The molecule has 1 aliphatic rings. The standard InChI is InChI=1S/C15H22N2O3/c1-3-11-20-13-8-5-9-16-14(13)17-10-6-7-12(17)15(18)19-4-2/h5,8-9,12H,3-4,6-7,10-11H2,1-2H3. The van der Waals surface area contributed by atoms with Crippen LogP contribution in [0.3, 0.4) is 0 Å². The summed E-state index contributed by atoms with van der Waals surface area (Å²) in [6.45, 7) is 5.76. The van der Waals surface area contributed by atoms with Gasteiger partial charge in [0, 0.05) is 12.7 Å². The molecule has 1 unspecified atom stereocenters. The smallest absolute Gasteiger partial charge is 0.328 e. The van der Waals surface area contributed by atoms with E-state index >= 15 is 0 Å². The van der Waals surface area contributed by atoms with Crippen LogP contribution >= 0.6 is 0 Å². The Bertz CT molecular complexity index is 450. The maximum absolute atomic E-state index is 12.0. The van der Waals surface area contributed by atoms with Gasteiger partial charge in [-0.25, -0.2) is 9.78 Å². The second-order valence-electron chi connectivity index (χ2n) is 4.78. The van der Waals surface area contributed by atoms with Crippen LogP contribution < -0.4 is 9.64 Å². The van der Waals surface area contributed by atoms with Gasteiger partial charge in [-0.1, -0.05) is 6.92 Å². The fraction of sp³-hybridized carbons (Fsp3) is 0.600. The van der Waals surface area contributed by atoms with E-state index in [0.717, 1.165) is 37.4 Å². The molecule has 5 nitrogen and oxygen atoms in total. The SMILES string of the molecule is CCCOc1cccnc1N1CCCC1C(=O)OCC. The summed E-state index contributed by atoms with van der Waals surface area (Å²) >= 11 is 0. The van der Waals surface area contributed by atoms with Gasteiger partial charge >= 0.3 is 5.97 Å². The van der Waals surface area contributed by atoms with Crippen LogP contribution in [0.25, 0.3) is 0 Å². The third-order valence-electron chi connectivity index (χ3n) is 3.30. The van der Waals surface area contributed by atoms with Crippen molar-refractivity contribution in [2.24, 2.45) is 0 Å². The molecular formula is C15H22N2O3. The number of ether oxygens (including phenoxy) is 2. The third-order valence-corrected chi connectivity index (χ3v) is 3.30. The zero-order valence-corrected chi connectivity index (χ0v) is 12.2. The number of carbonyl (C=O) groups excluding carboxylic acids is 1. The number of aromatic nitrogens is 1. The zero-order valence-electron chi connectivity index (χ0n) is 12.2. The van der Waals surface area contributed by atoms with Crippen molar-refractivity contribution in [2.75, 3.05) is 24.7 Å². The molecule has 0 aromatic carbocycles. The number of rotatable bonds is 6. The molecule has 110 valence electrons. The fourth-order valence-electron chi connectivity index (χ4n) is 2.43. The molecule has 1 aromatic rings. The van der Waals surface area contributed by atoms with Gasteiger partial charge in [0.2, 0.25) is 0 Å². The van der Waals surface area contributed by atoms with Gasteiger partial charge in [0.05, 0.1) is 13.2 Å². The first-order valence-corrected chi connectivity index (χ1v) is 7.29. The zero-order chi connectivity index (χ0) is 14.4. The van der Waals surface area contributed by atoms with Crippen molar-refractivity contribution in [3.63, 3.8) is 0 Å². The fourth-order valence-corrected chi connectivity index (χ4v) is 2.43. The van der Waals surface area contributed by atoms with Gasteiger partial charge in [-0.15, -0.1) is 0 Å². The molecule has 1 fully saturated rings. The van der Waals surface area contributed by atoms with E-state index in [1.165, 1.54) is 0 Å². The van der Waals surface area contributed by atoms with E-state index in [1.54, 1.807) is 6.20 Å². The molecule has 0 bridgehead atoms. The predicted molar refractivity (Wildman–Crippen MR) is 77.0 cm³/mol. The maximum Gasteiger partial charge on any atom is 0.328 e. The average Bonchev–Trinajstić information content (AvgIpc) is 2.95. The molecule has 20 heavy (non-hydrogen) atoms. The first-order chi connectivity index (χ1) is 9.77. The molecule has 0 aliphatic carbocycles. The number of esters is 1. The van der Waals surface area contributed by atoms with Gasteiger partial charge in [-0.2, -0.15) is 0 Å². The van der Waals surface area contributed by atoms with Crippen LogP contribution in [0.5, 0.6) is 5.75 Å². The Hall–Kier alpha value is -1.78. The van der Waals surface area contributed by atoms with Gasteiger partial charge in [-0.3, -0.25) is 0 Å². The lowest BCUT2D eigenvalue weighted by Gasteiger charge is -2.25. The summed E-state index contributed by atoms with van der Waals surface area (Å²) in [5, 5.41) is 0. The number of pyridine rings is 1. The van der Waals surface area contributed by atoms with Crippen LogP contribution in [0.2, 0.25) is 0 Å². The van der Waals surface area contributed by atoms with Crippen LogP contribution in [0.15, 0.2) is 18.3 Å². The number of hydrogen-bond acceptors (Lipinski definition) is 5. The summed E-state index contributed by atoms with van der Waals surface area (Å²) in [6, 6.07) is 3.51. The van der Waals surface area contributed by atoms with Gasteiger partial charge < -0.3 is 14.4 Å². The Kier molecular flexibility index (Phi) is 5.21. The van der Waals surface area contributed by atoms with Crippen molar-refractivity contribution in [1.29, 1.82) is 0 Å². The van der Waals surface area contributed by atoms with Crippen molar-refractivity contribution in [2.45, 2.75) is 39.2 Å². The lowest BCUT2D eigenvalue weighted by atomic mass is 10.2. The molecule has 2 heterocycles. The Morgan fingerprint density at radius 1 is 1.50 bits per heavy atom. The van der Waals surface area contributed by atoms with E-state index in [0.29, 0.717) is 13.2 Å². The summed E-state index contributed by atoms with van der Waals surface area (Å²) in [6.07, 6.45) is 4.44. The highest BCUT2D eigenvalue weighted by atomic mass is 16.5. The number of anilines is 1. The summed E-state index contributed by atoms with van der Waals surface area (Å²) in [5.74, 6) is 1.32.